The van der Waals surface area contributed by atoms with Gasteiger partial charge in [-0.2, -0.15) is 0 Å². The summed E-state index contributed by atoms with van der Waals surface area (Å²) < 4.78 is 5.54. The number of hydrogen-bond acceptors (Lipinski definition) is 3. The van der Waals surface area contributed by atoms with Crippen molar-refractivity contribution in [2.24, 2.45) is 4.99 Å². The number of nitrogens with zero attached hydrogens (tertiary/aromatic N) is 1. The van der Waals surface area contributed by atoms with Crippen LogP contribution >= 0.6 is 11.6 Å². The van der Waals surface area contributed by atoms with Crippen LogP contribution in [0.3, 0.4) is 0 Å². The quantitative estimate of drug-likeness (QED) is 0.420. The maximum Gasteiger partial charge on any atom is 0.334 e. The van der Waals surface area contributed by atoms with Gasteiger partial charge in [-0.05, 0) is 59.2 Å². The minimum atomic E-state index is -0.954. The van der Waals surface area contributed by atoms with Gasteiger partial charge in [-0.25, -0.2) is 4.79 Å². The van der Waals surface area contributed by atoms with Crippen LogP contribution in [0.2, 0.25) is 5.02 Å². The maximum absolute atomic E-state index is 12.6. The molecule has 3 nitrogen and oxygen atoms in total. The molecule has 23 heavy (non-hydrogen) atoms. The lowest BCUT2D eigenvalue weighted by Gasteiger charge is -2.28. The van der Waals surface area contributed by atoms with E-state index in [2.05, 4.69) is 4.99 Å². The molecule has 0 aliphatic carbocycles. The molecule has 0 radical (unpaired) electrons. The van der Waals surface area contributed by atoms with Crippen molar-refractivity contribution in [3.63, 3.8) is 0 Å². The summed E-state index contributed by atoms with van der Waals surface area (Å²) in [5, 5.41) is 0.668. The van der Waals surface area contributed by atoms with Gasteiger partial charge in [0.05, 0.1) is 0 Å². The van der Waals surface area contributed by atoms with Crippen LogP contribution in [-0.4, -0.2) is 23.3 Å². The third-order valence-corrected chi connectivity index (χ3v) is 3.37. The van der Waals surface area contributed by atoms with Crippen LogP contribution in [0.4, 0.5) is 0 Å². The van der Waals surface area contributed by atoms with Crippen molar-refractivity contribution >= 4 is 23.8 Å². The summed E-state index contributed by atoms with van der Waals surface area (Å²) in [6.45, 7) is 11.4. The molecular formula is C19H26ClNO2. The molecule has 0 saturated carbocycles. The predicted molar refractivity (Wildman–Crippen MR) is 97.3 cm³/mol. The fraction of sp³-hybridized carbons (Fsp3) is 0.474. The standard InChI is InChI=1S/C19H26ClNO2/c1-14(2)11-12-19(6,17(22)23-18(3,4)5)21-13-15-7-9-16(20)10-8-15/h7-11,13H,12H2,1-6H3. The maximum atomic E-state index is 12.6. The Morgan fingerprint density at radius 2 is 1.74 bits per heavy atom. The van der Waals surface area contributed by atoms with Gasteiger partial charge in [-0.3, -0.25) is 4.99 Å². The molecule has 0 heterocycles. The first kappa shape index (κ1) is 19.4. The molecule has 0 amide bonds. The molecule has 4 heteroatoms. The van der Waals surface area contributed by atoms with Crippen molar-refractivity contribution in [1.29, 1.82) is 0 Å². The number of ether oxygens (including phenoxy) is 1. The van der Waals surface area contributed by atoms with Gasteiger partial charge in [-0.1, -0.05) is 35.4 Å². The van der Waals surface area contributed by atoms with E-state index in [-0.39, 0.29) is 5.97 Å². The van der Waals surface area contributed by atoms with Crippen LogP contribution in [0.25, 0.3) is 0 Å². The van der Waals surface area contributed by atoms with E-state index < -0.39 is 11.1 Å². The second kappa shape index (κ2) is 7.78. The second-order valence-corrected chi connectivity index (χ2v) is 7.51. The van der Waals surface area contributed by atoms with Crippen molar-refractivity contribution in [2.45, 2.75) is 59.1 Å². The average molecular weight is 336 g/mol. The van der Waals surface area contributed by atoms with Gasteiger partial charge < -0.3 is 4.74 Å². The number of carbonyl (C=O) groups excluding carboxylic acids is 1. The summed E-state index contributed by atoms with van der Waals surface area (Å²) in [6, 6.07) is 7.32. The van der Waals surface area contributed by atoms with E-state index in [1.54, 1.807) is 25.3 Å². The first-order chi connectivity index (χ1) is 10.5. The van der Waals surface area contributed by atoms with Crippen LogP contribution in [0.1, 0.15) is 53.5 Å². The van der Waals surface area contributed by atoms with E-state index in [4.69, 9.17) is 16.3 Å². The molecule has 1 rings (SSSR count). The largest absolute Gasteiger partial charge is 0.458 e. The number of halogens is 1. The Bertz CT molecular complexity index is 593. The van der Waals surface area contributed by atoms with E-state index in [9.17, 15) is 4.79 Å². The zero-order valence-electron chi connectivity index (χ0n) is 14.8. The van der Waals surface area contributed by atoms with Crippen LogP contribution in [0.15, 0.2) is 40.9 Å². The molecule has 0 N–H and O–H groups in total. The summed E-state index contributed by atoms with van der Waals surface area (Å²) in [6.07, 6.45) is 4.19. The lowest BCUT2D eigenvalue weighted by atomic mass is 9.96. The molecule has 1 unspecified atom stereocenters. The minimum absolute atomic E-state index is 0.326. The third kappa shape index (κ3) is 7.00. The van der Waals surface area contributed by atoms with E-state index in [1.165, 1.54) is 0 Å². The normalized spacial score (nSPS) is 14.4. The van der Waals surface area contributed by atoms with Gasteiger partial charge >= 0.3 is 5.97 Å². The Balaban J connectivity index is 3.05. The van der Waals surface area contributed by atoms with Gasteiger partial charge in [0, 0.05) is 17.7 Å². The zero-order valence-corrected chi connectivity index (χ0v) is 15.6. The zero-order chi connectivity index (χ0) is 17.7. The Morgan fingerprint density at radius 3 is 2.22 bits per heavy atom. The molecule has 0 aliphatic heterocycles. The van der Waals surface area contributed by atoms with Gasteiger partial charge in [-0.15, -0.1) is 0 Å². The summed E-state index contributed by atoms with van der Waals surface area (Å²) in [4.78, 5) is 17.1. The lowest BCUT2D eigenvalue weighted by Crippen LogP contribution is -2.39. The van der Waals surface area contributed by atoms with Crippen LogP contribution in [0, 0.1) is 0 Å². The number of hydrogen-bond donors (Lipinski definition) is 0. The number of esters is 1. The Labute approximate surface area is 144 Å². The Hall–Kier alpha value is -1.61. The number of aliphatic imine (C=N–C) groups is 1. The van der Waals surface area contributed by atoms with Crippen LogP contribution in [0.5, 0.6) is 0 Å². The molecule has 126 valence electrons. The van der Waals surface area contributed by atoms with Crippen molar-refractivity contribution in [1.82, 2.24) is 0 Å². The molecule has 1 aromatic rings. The smallest absolute Gasteiger partial charge is 0.334 e. The molecule has 0 aliphatic rings. The Morgan fingerprint density at radius 1 is 1.17 bits per heavy atom. The highest BCUT2D eigenvalue weighted by molar-refractivity contribution is 6.30. The SMILES string of the molecule is CC(C)=CCC(C)(N=Cc1ccc(Cl)cc1)C(=O)OC(C)(C)C. The van der Waals surface area contributed by atoms with E-state index in [1.807, 2.05) is 52.8 Å². The Kier molecular flexibility index (Phi) is 6.57. The van der Waals surface area contributed by atoms with Crippen molar-refractivity contribution in [3.8, 4) is 0 Å². The van der Waals surface area contributed by atoms with E-state index in [0.717, 1.165) is 11.1 Å². The monoisotopic (exact) mass is 335 g/mol. The molecule has 0 fully saturated rings. The van der Waals surface area contributed by atoms with Crippen molar-refractivity contribution in [2.75, 3.05) is 0 Å². The van der Waals surface area contributed by atoms with Crippen molar-refractivity contribution in [3.05, 3.63) is 46.5 Å². The highest BCUT2D eigenvalue weighted by Gasteiger charge is 2.35. The summed E-state index contributed by atoms with van der Waals surface area (Å²) in [5.41, 5.74) is 0.534. The van der Waals surface area contributed by atoms with Crippen LogP contribution in [-0.2, 0) is 9.53 Å². The topological polar surface area (TPSA) is 38.7 Å². The fourth-order valence-corrected chi connectivity index (χ4v) is 1.87. The molecule has 0 spiro atoms. The third-order valence-electron chi connectivity index (χ3n) is 3.11. The molecule has 1 atom stereocenters. The average Bonchev–Trinajstić information content (AvgIpc) is 2.42. The van der Waals surface area contributed by atoms with Crippen molar-refractivity contribution < 1.29 is 9.53 Å². The number of rotatable bonds is 5. The number of allylic oxidation sites excluding steroid dienone is 1. The highest BCUT2D eigenvalue weighted by atomic mass is 35.5. The molecule has 0 saturated heterocycles. The van der Waals surface area contributed by atoms with Gasteiger partial charge in [0.15, 0.2) is 5.54 Å². The first-order valence-electron chi connectivity index (χ1n) is 7.69. The van der Waals surface area contributed by atoms with Gasteiger partial charge in [0.2, 0.25) is 0 Å². The highest BCUT2D eigenvalue weighted by Crippen LogP contribution is 2.23. The predicted octanol–water partition coefficient (Wildman–Crippen LogP) is 5.22. The molecular weight excluding hydrogens is 310 g/mol. The lowest BCUT2D eigenvalue weighted by molar-refractivity contribution is -0.160. The fourth-order valence-electron chi connectivity index (χ4n) is 1.75. The van der Waals surface area contributed by atoms with E-state index in [0.29, 0.717) is 11.4 Å². The number of carbonyl (C=O) groups is 1. The molecule has 0 aromatic heterocycles. The molecule has 1 aromatic carbocycles. The second-order valence-electron chi connectivity index (χ2n) is 7.07. The summed E-state index contributed by atoms with van der Waals surface area (Å²) in [5.74, 6) is -0.326. The number of benzene rings is 1. The van der Waals surface area contributed by atoms with Gasteiger partial charge in [0.25, 0.3) is 0 Å². The minimum Gasteiger partial charge on any atom is -0.458 e. The summed E-state index contributed by atoms with van der Waals surface area (Å²) in [7, 11) is 0. The van der Waals surface area contributed by atoms with Crippen LogP contribution < -0.4 is 0 Å². The molecule has 0 bridgehead atoms. The van der Waals surface area contributed by atoms with E-state index >= 15 is 0 Å². The van der Waals surface area contributed by atoms with Gasteiger partial charge in [0.1, 0.15) is 5.60 Å². The summed E-state index contributed by atoms with van der Waals surface area (Å²) >= 11 is 5.88. The first-order valence-corrected chi connectivity index (χ1v) is 8.07.